The summed E-state index contributed by atoms with van der Waals surface area (Å²) in [4.78, 5) is 87.7. The van der Waals surface area contributed by atoms with Gasteiger partial charge in [0.15, 0.2) is 0 Å². The van der Waals surface area contributed by atoms with E-state index in [-0.39, 0.29) is 94.7 Å². The summed E-state index contributed by atoms with van der Waals surface area (Å²) in [6.45, 7) is 19.2. The van der Waals surface area contributed by atoms with Gasteiger partial charge < -0.3 is 49.8 Å². The first kappa shape index (κ1) is 90.2. The van der Waals surface area contributed by atoms with Crippen molar-refractivity contribution in [2.24, 2.45) is 0 Å². The lowest BCUT2D eigenvalue weighted by molar-refractivity contribution is -0.121. The van der Waals surface area contributed by atoms with E-state index in [1.54, 1.807) is 0 Å². The van der Waals surface area contributed by atoms with Gasteiger partial charge in [0, 0.05) is 78.2 Å². The summed E-state index contributed by atoms with van der Waals surface area (Å²) in [5.41, 5.74) is 0. The number of amides is 6. The molecule has 6 amide bonds. The molecule has 0 rings (SSSR count). The van der Waals surface area contributed by atoms with Crippen molar-refractivity contribution in [1.29, 1.82) is 0 Å². The minimum atomic E-state index is -0.325. The zero-order chi connectivity index (χ0) is 68.7. The fraction of sp³-hybridized carbons (Fsp3) is 0.923. The van der Waals surface area contributed by atoms with E-state index in [1.807, 2.05) is 19.6 Å². The first-order valence-corrected chi connectivity index (χ1v) is 40.3. The molecular formula is C78H153N7O9. The zero-order valence-corrected chi connectivity index (χ0v) is 62.6. The third-order valence-corrected chi connectivity index (χ3v) is 18.4. The second-order valence-corrected chi connectivity index (χ2v) is 27.3. The summed E-state index contributed by atoms with van der Waals surface area (Å²) in [5, 5.41) is 8.75. The Hall–Kier alpha value is -3.82. The monoisotopic (exact) mass is 1330 g/mol. The highest BCUT2D eigenvalue weighted by molar-refractivity contribution is 5.77. The SMILES string of the molecule is CCCCCCCCCCN(CCCCCCCCCC)C(=O)OCCNC(=O)CCN(CCC(=O)NCCOC(=O)N(CCCCCCCCCC)CCCCCCCCCC)CCC(=O)NCCOC(=O)N(CCCCCCCCCC)CCCCCCCCCC. The van der Waals surface area contributed by atoms with Crippen molar-refractivity contribution in [3.63, 3.8) is 0 Å². The van der Waals surface area contributed by atoms with E-state index in [1.165, 1.54) is 231 Å². The minimum Gasteiger partial charge on any atom is -0.448 e. The van der Waals surface area contributed by atoms with Crippen molar-refractivity contribution in [3.05, 3.63) is 0 Å². The van der Waals surface area contributed by atoms with Gasteiger partial charge >= 0.3 is 18.3 Å². The second kappa shape index (κ2) is 71.9. The van der Waals surface area contributed by atoms with Gasteiger partial charge in [-0.1, -0.05) is 311 Å². The molecule has 0 aromatic carbocycles. The van der Waals surface area contributed by atoms with Crippen molar-refractivity contribution in [3.8, 4) is 0 Å². The van der Waals surface area contributed by atoms with Gasteiger partial charge in [0.05, 0.1) is 19.6 Å². The largest absolute Gasteiger partial charge is 0.448 e. The molecule has 0 aliphatic carbocycles. The second-order valence-electron chi connectivity index (χ2n) is 27.3. The maximum atomic E-state index is 13.4. The third-order valence-electron chi connectivity index (χ3n) is 18.4. The Morgan fingerprint density at radius 1 is 0.223 bits per heavy atom. The van der Waals surface area contributed by atoms with E-state index in [9.17, 15) is 28.8 Å². The molecule has 554 valence electrons. The number of carbonyl (C=O) groups excluding carboxylic acids is 6. The summed E-state index contributed by atoms with van der Waals surface area (Å²) in [6.07, 6.45) is 56.8. The Kier molecular flexibility index (Phi) is 69.0. The van der Waals surface area contributed by atoms with Crippen LogP contribution in [0.5, 0.6) is 0 Å². The molecule has 16 nitrogen and oxygen atoms in total. The molecule has 0 atom stereocenters. The van der Waals surface area contributed by atoms with Gasteiger partial charge in [-0.2, -0.15) is 0 Å². The average Bonchev–Trinajstić information content (AvgIpc) is 3.69. The quantitative estimate of drug-likeness (QED) is 0.0392. The van der Waals surface area contributed by atoms with Crippen molar-refractivity contribution in [1.82, 2.24) is 35.6 Å². The Labute approximate surface area is 579 Å². The van der Waals surface area contributed by atoms with E-state index in [4.69, 9.17) is 14.2 Å². The first-order valence-electron chi connectivity index (χ1n) is 40.3. The van der Waals surface area contributed by atoms with Crippen molar-refractivity contribution in [2.75, 3.05) is 98.4 Å². The summed E-state index contributed by atoms with van der Waals surface area (Å²) in [5.74, 6) is -0.650. The van der Waals surface area contributed by atoms with Gasteiger partial charge in [-0.05, 0) is 38.5 Å². The molecule has 0 aromatic heterocycles. The normalized spacial score (nSPS) is 11.3. The number of hydrogen-bond donors (Lipinski definition) is 3. The lowest BCUT2D eigenvalue weighted by Gasteiger charge is -2.23. The highest BCUT2D eigenvalue weighted by atomic mass is 16.6. The van der Waals surface area contributed by atoms with Gasteiger partial charge in [-0.3, -0.25) is 14.4 Å². The Morgan fingerprint density at radius 2 is 0.383 bits per heavy atom. The van der Waals surface area contributed by atoms with Gasteiger partial charge in [0.2, 0.25) is 17.7 Å². The molecule has 0 unspecified atom stereocenters. The molecule has 0 fully saturated rings. The smallest absolute Gasteiger partial charge is 0.409 e. The van der Waals surface area contributed by atoms with E-state index in [2.05, 4.69) is 57.5 Å². The standard InChI is InChI=1S/C78H153N7O9/c1-7-13-19-25-31-37-43-49-61-83(62-50-44-38-32-26-20-14-8-2)76(89)92-70-58-79-73(86)55-67-82(68-56-74(87)80-59-71-93-77(90)84(63-51-45-39-33-27-21-15-9-3)64-52-46-40-34-28-22-16-10-4)69-57-75(88)81-60-72-94-78(91)85(65-53-47-41-35-29-23-17-11-5)66-54-48-42-36-30-24-18-12-6/h7-72H2,1-6H3,(H,79,86)(H,80,87)(H,81,88). The number of hydrogen-bond acceptors (Lipinski definition) is 10. The lowest BCUT2D eigenvalue weighted by Crippen LogP contribution is -2.39. The maximum Gasteiger partial charge on any atom is 0.409 e. The van der Waals surface area contributed by atoms with E-state index in [0.717, 1.165) is 77.0 Å². The number of carbonyl (C=O) groups is 6. The molecule has 0 aromatic rings. The molecule has 0 heterocycles. The van der Waals surface area contributed by atoms with Crippen LogP contribution in [0.15, 0.2) is 0 Å². The van der Waals surface area contributed by atoms with E-state index >= 15 is 0 Å². The van der Waals surface area contributed by atoms with Crippen LogP contribution in [0.25, 0.3) is 0 Å². The van der Waals surface area contributed by atoms with Crippen LogP contribution in [-0.2, 0) is 28.6 Å². The van der Waals surface area contributed by atoms with Gasteiger partial charge in [-0.15, -0.1) is 0 Å². The van der Waals surface area contributed by atoms with E-state index < -0.39 is 0 Å². The summed E-state index contributed by atoms with van der Waals surface area (Å²) < 4.78 is 17.2. The molecule has 0 radical (unpaired) electrons. The predicted octanol–water partition coefficient (Wildman–Crippen LogP) is 20.0. The summed E-state index contributed by atoms with van der Waals surface area (Å²) >= 11 is 0. The number of nitrogens with zero attached hydrogens (tertiary/aromatic N) is 4. The maximum absolute atomic E-state index is 13.4. The molecule has 16 heteroatoms. The first-order chi connectivity index (χ1) is 46.1. The third kappa shape index (κ3) is 61.7. The molecule has 0 spiro atoms. The fourth-order valence-corrected chi connectivity index (χ4v) is 12.1. The zero-order valence-electron chi connectivity index (χ0n) is 62.6. The molecule has 0 saturated heterocycles. The number of rotatable bonds is 72. The predicted molar refractivity (Wildman–Crippen MR) is 394 cm³/mol. The molecule has 0 saturated carbocycles. The Bertz CT molecular complexity index is 1460. The van der Waals surface area contributed by atoms with Crippen molar-refractivity contribution < 1.29 is 43.0 Å². The molecule has 0 aliphatic rings. The number of ether oxygens (including phenoxy) is 3. The van der Waals surface area contributed by atoms with Crippen LogP contribution in [-0.4, -0.2) is 154 Å². The van der Waals surface area contributed by atoms with Crippen LogP contribution in [0.2, 0.25) is 0 Å². The molecular weight excluding hydrogens is 1180 g/mol. The Morgan fingerprint density at radius 3 is 0.553 bits per heavy atom. The molecule has 0 aliphatic heterocycles. The number of nitrogens with one attached hydrogen (secondary N) is 3. The van der Waals surface area contributed by atoms with Crippen molar-refractivity contribution in [2.45, 2.75) is 369 Å². The fourth-order valence-electron chi connectivity index (χ4n) is 12.1. The minimum absolute atomic E-state index is 0.0672. The van der Waals surface area contributed by atoms with Gasteiger partial charge in [0.25, 0.3) is 0 Å². The van der Waals surface area contributed by atoms with Crippen molar-refractivity contribution >= 4 is 36.0 Å². The Balaban J connectivity index is 5.66. The summed E-state index contributed by atoms with van der Waals surface area (Å²) in [7, 11) is 0. The van der Waals surface area contributed by atoms with Gasteiger partial charge in [-0.25, -0.2) is 14.4 Å². The topological polar surface area (TPSA) is 179 Å². The lowest BCUT2D eigenvalue weighted by atomic mass is 10.1. The molecule has 94 heavy (non-hydrogen) atoms. The van der Waals surface area contributed by atoms with Crippen LogP contribution < -0.4 is 16.0 Å². The van der Waals surface area contributed by atoms with Crippen LogP contribution >= 0.6 is 0 Å². The summed E-state index contributed by atoms with van der Waals surface area (Å²) in [6, 6.07) is 0. The highest BCUT2D eigenvalue weighted by Crippen LogP contribution is 2.17. The van der Waals surface area contributed by atoms with Crippen LogP contribution in [0.1, 0.15) is 369 Å². The average molecular weight is 1330 g/mol. The van der Waals surface area contributed by atoms with Crippen LogP contribution in [0.4, 0.5) is 14.4 Å². The number of unbranched alkanes of at least 4 members (excludes halogenated alkanes) is 42. The molecule has 3 N–H and O–H groups in total. The van der Waals surface area contributed by atoms with E-state index in [0.29, 0.717) is 58.9 Å². The highest BCUT2D eigenvalue weighted by Gasteiger charge is 2.19. The van der Waals surface area contributed by atoms with Gasteiger partial charge in [0.1, 0.15) is 19.8 Å². The molecule has 0 bridgehead atoms. The van der Waals surface area contributed by atoms with Crippen LogP contribution in [0.3, 0.4) is 0 Å². The van der Waals surface area contributed by atoms with Crippen LogP contribution in [0, 0.1) is 0 Å².